The molecule has 0 saturated heterocycles. The monoisotopic (exact) mass is 534 g/mol. The van der Waals surface area contributed by atoms with E-state index >= 15 is 0 Å². The van der Waals surface area contributed by atoms with Gasteiger partial charge in [0.15, 0.2) is 0 Å². The molecule has 8 rings (SSSR count). The molecular weight excluding hydrogens is 504 g/mol. The molecule has 2 aliphatic rings. The minimum absolute atomic E-state index is 0.969. The van der Waals surface area contributed by atoms with Gasteiger partial charge >= 0.3 is 0 Å². The molecule has 6 aromatic rings. The van der Waals surface area contributed by atoms with Crippen molar-refractivity contribution in [2.75, 3.05) is 0 Å². The normalized spacial score (nSPS) is 13.3. The maximum Gasteiger partial charge on any atom is -0.00135 e. The molecule has 0 aliphatic heterocycles. The smallest absolute Gasteiger partial charge is 0.00135 e. The average molecular weight is 535 g/mol. The molecule has 42 heavy (non-hydrogen) atoms. The molecule has 0 bridgehead atoms. The number of hydrogen-bond acceptors (Lipinski definition) is 0. The van der Waals surface area contributed by atoms with Crippen LogP contribution in [-0.2, 0) is 12.8 Å². The number of hydrogen-bond donors (Lipinski definition) is 0. The van der Waals surface area contributed by atoms with Crippen molar-refractivity contribution in [1.29, 1.82) is 0 Å². The molecule has 0 N–H and O–H groups in total. The first kappa shape index (κ1) is 24.6. The van der Waals surface area contributed by atoms with E-state index in [0.717, 1.165) is 12.8 Å². The second-order valence-electron chi connectivity index (χ2n) is 11.3. The van der Waals surface area contributed by atoms with Gasteiger partial charge in [0.05, 0.1) is 0 Å². The van der Waals surface area contributed by atoms with Crippen molar-refractivity contribution in [2.45, 2.75) is 12.8 Å². The Morgan fingerprint density at radius 3 is 0.857 bits per heavy atom. The third-order valence-electron chi connectivity index (χ3n) is 8.80. The van der Waals surface area contributed by atoms with Gasteiger partial charge in [-0.2, -0.15) is 0 Å². The fourth-order valence-corrected chi connectivity index (χ4v) is 6.81. The summed E-state index contributed by atoms with van der Waals surface area (Å²) < 4.78 is 0. The zero-order valence-electron chi connectivity index (χ0n) is 23.4. The van der Waals surface area contributed by atoms with E-state index in [9.17, 15) is 0 Å². The van der Waals surface area contributed by atoms with Crippen LogP contribution in [0.5, 0.6) is 0 Å². The van der Waals surface area contributed by atoms with Gasteiger partial charge in [-0.15, -0.1) is 0 Å². The lowest BCUT2D eigenvalue weighted by Gasteiger charge is -2.19. The highest BCUT2D eigenvalue weighted by Gasteiger charge is 2.21. The molecule has 0 heteroatoms. The van der Waals surface area contributed by atoms with E-state index in [1.54, 1.807) is 0 Å². The Bertz CT molecular complexity index is 1890. The van der Waals surface area contributed by atoms with Crippen LogP contribution in [-0.4, -0.2) is 0 Å². The third-order valence-corrected chi connectivity index (χ3v) is 8.80. The first-order valence-electron chi connectivity index (χ1n) is 14.8. The molecule has 198 valence electrons. The summed E-state index contributed by atoms with van der Waals surface area (Å²) in [5.74, 6) is 0. The highest BCUT2D eigenvalue weighted by molar-refractivity contribution is 6.00. The third kappa shape index (κ3) is 4.24. The summed E-state index contributed by atoms with van der Waals surface area (Å²) in [5, 5.41) is 0. The number of rotatable bonds is 5. The Balaban J connectivity index is 1.26. The van der Waals surface area contributed by atoms with Crippen LogP contribution in [0.4, 0.5) is 0 Å². The molecule has 0 nitrogen and oxygen atoms in total. The Kier molecular flexibility index (Phi) is 6.04. The van der Waals surface area contributed by atoms with Crippen molar-refractivity contribution in [3.8, 4) is 33.4 Å². The molecule has 0 amide bonds. The molecule has 0 saturated carbocycles. The fourth-order valence-electron chi connectivity index (χ4n) is 6.81. The van der Waals surface area contributed by atoms with Crippen LogP contribution in [0, 0.1) is 0 Å². The van der Waals surface area contributed by atoms with Gasteiger partial charge in [0.25, 0.3) is 0 Å². The molecule has 0 atom stereocenters. The van der Waals surface area contributed by atoms with Gasteiger partial charge in [0.1, 0.15) is 0 Å². The average Bonchev–Trinajstić information content (AvgIpc) is 3.70. The summed E-state index contributed by atoms with van der Waals surface area (Å²) in [5.41, 5.74) is 18.5. The van der Waals surface area contributed by atoms with Crippen LogP contribution in [0.25, 0.3) is 56.7 Å². The predicted octanol–water partition coefficient (Wildman–Crippen LogP) is 10.9. The second kappa shape index (κ2) is 10.3. The summed E-state index contributed by atoms with van der Waals surface area (Å²) in [7, 11) is 0. The quantitative estimate of drug-likeness (QED) is 0.206. The van der Waals surface area contributed by atoms with Crippen LogP contribution in [0.15, 0.2) is 146 Å². The first-order chi connectivity index (χ1) is 20.8. The standard InChI is InChI=1S/C42H30/c1-2-14-30-26-33(25-29(30)13-1)35-17-5-7-19-37(35)39-21-9-11-23-41(39)42-24-12-10-22-40(42)38-20-8-6-18-36(38)34-27-31-15-3-4-16-32(31)28-34/h1-25,27H,26,28H2. The van der Waals surface area contributed by atoms with E-state index in [0.29, 0.717) is 0 Å². The summed E-state index contributed by atoms with van der Waals surface area (Å²) in [6.07, 6.45) is 6.68. The second-order valence-corrected chi connectivity index (χ2v) is 11.3. The highest BCUT2D eigenvalue weighted by atomic mass is 14.2. The van der Waals surface area contributed by atoms with Gasteiger partial charge in [-0.05, 0) is 90.7 Å². The van der Waals surface area contributed by atoms with Gasteiger partial charge in [-0.25, -0.2) is 0 Å². The summed E-state index contributed by atoms with van der Waals surface area (Å²) in [6.45, 7) is 0. The summed E-state index contributed by atoms with van der Waals surface area (Å²) >= 11 is 0. The molecule has 6 aromatic carbocycles. The van der Waals surface area contributed by atoms with Gasteiger partial charge in [-0.1, -0.05) is 158 Å². The molecule has 2 aliphatic carbocycles. The minimum Gasteiger partial charge on any atom is -0.0619 e. The van der Waals surface area contributed by atoms with E-state index in [-0.39, 0.29) is 0 Å². The van der Waals surface area contributed by atoms with Crippen molar-refractivity contribution < 1.29 is 0 Å². The Morgan fingerprint density at radius 2 is 0.524 bits per heavy atom. The van der Waals surface area contributed by atoms with E-state index in [1.165, 1.54) is 77.9 Å². The zero-order valence-corrected chi connectivity index (χ0v) is 23.4. The predicted molar refractivity (Wildman–Crippen MR) is 179 cm³/mol. The maximum atomic E-state index is 2.37. The first-order valence-corrected chi connectivity index (χ1v) is 14.8. The molecule has 0 fully saturated rings. The van der Waals surface area contributed by atoms with Crippen molar-refractivity contribution in [3.63, 3.8) is 0 Å². The van der Waals surface area contributed by atoms with Crippen molar-refractivity contribution in [2.24, 2.45) is 0 Å². The van der Waals surface area contributed by atoms with Gasteiger partial charge < -0.3 is 0 Å². The largest absolute Gasteiger partial charge is 0.0619 e. The lowest BCUT2D eigenvalue weighted by molar-refractivity contribution is 1.31. The lowest BCUT2D eigenvalue weighted by Crippen LogP contribution is -1.95. The Morgan fingerprint density at radius 1 is 0.262 bits per heavy atom. The number of allylic oxidation sites excluding steroid dienone is 2. The van der Waals surface area contributed by atoms with Crippen LogP contribution >= 0.6 is 0 Å². The van der Waals surface area contributed by atoms with E-state index in [2.05, 4.69) is 158 Å². The Labute approximate surface area is 248 Å². The fraction of sp³-hybridized carbons (Fsp3) is 0.0476. The topological polar surface area (TPSA) is 0 Å². The minimum atomic E-state index is 0.969. The molecule has 0 radical (unpaired) electrons. The van der Waals surface area contributed by atoms with E-state index in [1.807, 2.05) is 0 Å². The van der Waals surface area contributed by atoms with E-state index in [4.69, 9.17) is 0 Å². The van der Waals surface area contributed by atoms with Gasteiger partial charge in [-0.3, -0.25) is 0 Å². The Hall–Kier alpha value is -5.20. The van der Waals surface area contributed by atoms with Crippen molar-refractivity contribution >= 4 is 23.3 Å². The van der Waals surface area contributed by atoms with Gasteiger partial charge in [0, 0.05) is 0 Å². The van der Waals surface area contributed by atoms with Crippen LogP contribution < -0.4 is 0 Å². The summed E-state index contributed by atoms with van der Waals surface area (Å²) in [4.78, 5) is 0. The number of fused-ring (bicyclic) bond motifs is 2. The zero-order chi connectivity index (χ0) is 27.9. The van der Waals surface area contributed by atoms with Crippen LogP contribution in [0.1, 0.15) is 33.4 Å². The van der Waals surface area contributed by atoms with Gasteiger partial charge in [0.2, 0.25) is 0 Å². The molecular formula is C42H30. The van der Waals surface area contributed by atoms with E-state index < -0.39 is 0 Å². The van der Waals surface area contributed by atoms with Crippen LogP contribution in [0.3, 0.4) is 0 Å². The SMILES string of the molecule is C1=C(c2ccccc2-c2ccccc2-c2ccccc2-c2ccccc2C2=Cc3ccccc3C2)Cc2ccccc21. The van der Waals surface area contributed by atoms with Crippen LogP contribution in [0.2, 0.25) is 0 Å². The maximum absolute atomic E-state index is 2.37. The van der Waals surface area contributed by atoms with Crippen molar-refractivity contribution in [3.05, 3.63) is 179 Å². The molecule has 0 aromatic heterocycles. The lowest BCUT2D eigenvalue weighted by atomic mass is 9.85. The van der Waals surface area contributed by atoms with Crippen molar-refractivity contribution in [1.82, 2.24) is 0 Å². The highest BCUT2D eigenvalue weighted by Crippen LogP contribution is 2.44. The number of benzene rings is 6. The summed E-state index contributed by atoms with van der Waals surface area (Å²) in [6, 6.07) is 53.2. The molecule has 0 heterocycles. The molecule has 0 spiro atoms. The molecule has 0 unspecified atom stereocenters.